The highest BCUT2D eigenvalue weighted by Crippen LogP contribution is 2.46. The summed E-state index contributed by atoms with van der Waals surface area (Å²) in [6.45, 7) is 3.84. The Balaban J connectivity index is 1.56. The molecule has 1 atom stereocenters. The van der Waals surface area contributed by atoms with Crippen molar-refractivity contribution in [3.05, 3.63) is 59.2 Å². The van der Waals surface area contributed by atoms with Gasteiger partial charge in [-0.25, -0.2) is 13.1 Å². The molecule has 7 nitrogen and oxygen atoms in total. The Hall–Kier alpha value is -2.68. The Bertz CT molecular complexity index is 1490. The number of hydrogen-bond acceptors (Lipinski definition) is 5. The quantitative estimate of drug-likeness (QED) is 0.486. The van der Waals surface area contributed by atoms with Crippen LogP contribution < -0.4 is 4.72 Å². The highest BCUT2D eigenvalue weighted by Gasteiger charge is 2.31. The lowest BCUT2D eigenvalue weighted by atomic mass is 9.81. The summed E-state index contributed by atoms with van der Waals surface area (Å²) >= 11 is 0. The van der Waals surface area contributed by atoms with Crippen LogP contribution in [0, 0.1) is 5.92 Å². The number of carbonyl (C=O) groups is 1. The van der Waals surface area contributed by atoms with E-state index in [1.54, 1.807) is 0 Å². The van der Waals surface area contributed by atoms with E-state index in [9.17, 15) is 13.2 Å². The number of rotatable bonds is 1. The fraction of sp³-hybridized carbons (Fsp3) is 0.516. The van der Waals surface area contributed by atoms with Crippen LogP contribution in [0.15, 0.2) is 42.5 Å². The average Bonchev–Trinajstić information content (AvgIpc) is 3.14. The summed E-state index contributed by atoms with van der Waals surface area (Å²) < 4.78 is 30.4. The first-order chi connectivity index (χ1) is 18.8. The molecular formula is C31H40N4O3S. The van der Waals surface area contributed by atoms with Crippen LogP contribution in [0.25, 0.3) is 22.2 Å². The molecule has 1 amide bonds. The third-order valence-electron chi connectivity index (χ3n) is 9.02. The van der Waals surface area contributed by atoms with Gasteiger partial charge in [-0.2, -0.15) is 0 Å². The minimum absolute atomic E-state index is 0.106. The number of aromatic nitrogens is 1. The first kappa shape index (κ1) is 26.5. The number of carbonyl (C=O) groups excluding carboxylic acids is 1. The number of nitrogens with one attached hydrogen (secondary N) is 1. The lowest BCUT2D eigenvalue weighted by molar-refractivity contribution is 0.0981. The van der Waals surface area contributed by atoms with E-state index in [1.165, 1.54) is 59.9 Å². The zero-order valence-electron chi connectivity index (χ0n) is 23.2. The minimum Gasteiger partial charge on any atom is -0.340 e. The third kappa shape index (κ3) is 5.39. The Morgan fingerprint density at radius 2 is 1.67 bits per heavy atom. The monoisotopic (exact) mass is 548 g/mol. The predicted molar refractivity (Wildman–Crippen MR) is 157 cm³/mol. The SMILES string of the molecule is CN1CCN(C)CC2Cc3ccccc3-c3c(C4CCCCC4)c4ccc(cc4n3C2)C(=O)NS(=O)(=O)CC1. The fourth-order valence-corrected chi connectivity index (χ4v) is 8.05. The number of sulfonamides is 1. The van der Waals surface area contributed by atoms with Crippen molar-refractivity contribution in [1.82, 2.24) is 19.1 Å². The van der Waals surface area contributed by atoms with Gasteiger partial charge in [-0.1, -0.05) is 49.6 Å². The van der Waals surface area contributed by atoms with E-state index in [4.69, 9.17) is 0 Å². The van der Waals surface area contributed by atoms with Crippen molar-refractivity contribution in [2.24, 2.45) is 5.92 Å². The van der Waals surface area contributed by atoms with Gasteiger partial charge in [-0.3, -0.25) is 4.79 Å². The smallest absolute Gasteiger partial charge is 0.264 e. The lowest BCUT2D eigenvalue weighted by Crippen LogP contribution is -2.39. The van der Waals surface area contributed by atoms with Crippen LogP contribution in [0.3, 0.4) is 0 Å². The molecule has 1 aromatic heterocycles. The molecule has 6 rings (SSSR count). The molecule has 208 valence electrons. The van der Waals surface area contributed by atoms with Crippen molar-refractivity contribution in [1.29, 1.82) is 0 Å². The molecule has 0 radical (unpaired) electrons. The maximum absolute atomic E-state index is 13.2. The van der Waals surface area contributed by atoms with Crippen molar-refractivity contribution in [3.8, 4) is 11.3 Å². The Kier molecular flexibility index (Phi) is 7.29. The summed E-state index contributed by atoms with van der Waals surface area (Å²) in [6, 6.07) is 14.7. The van der Waals surface area contributed by atoms with E-state index >= 15 is 0 Å². The molecule has 39 heavy (non-hydrogen) atoms. The summed E-state index contributed by atoms with van der Waals surface area (Å²) in [7, 11) is 0.369. The standard InChI is InChI=1S/C31H40N4O3S/c1-33-14-15-34(2)20-22-18-24-10-6-7-11-26(24)30-29(23-8-4-3-5-9-23)27-13-12-25(19-28(27)35(30)21-22)31(36)32-39(37,38)17-16-33/h6-7,10-13,19,22-23H,3-5,8-9,14-18,20-21H2,1-2H3,(H,32,36). The number of nitrogens with zero attached hydrogens (tertiary/aromatic N) is 3. The molecule has 0 spiro atoms. The highest BCUT2D eigenvalue weighted by molar-refractivity contribution is 7.90. The second kappa shape index (κ2) is 10.7. The summed E-state index contributed by atoms with van der Waals surface area (Å²) in [5, 5.41) is 1.21. The van der Waals surface area contributed by atoms with Crippen molar-refractivity contribution in [2.75, 3.05) is 46.0 Å². The molecule has 2 aliphatic heterocycles. The second-order valence-corrected chi connectivity index (χ2v) is 13.8. The topological polar surface area (TPSA) is 74.7 Å². The third-order valence-corrected chi connectivity index (χ3v) is 10.2. The van der Waals surface area contributed by atoms with Crippen LogP contribution in [0.2, 0.25) is 0 Å². The molecule has 1 unspecified atom stereocenters. The zero-order chi connectivity index (χ0) is 27.1. The van der Waals surface area contributed by atoms with Gasteiger partial charge in [0.1, 0.15) is 0 Å². The van der Waals surface area contributed by atoms with Crippen LogP contribution in [-0.4, -0.2) is 74.7 Å². The molecule has 2 aromatic carbocycles. The van der Waals surface area contributed by atoms with E-state index in [1.807, 2.05) is 24.1 Å². The van der Waals surface area contributed by atoms with E-state index < -0.39 is 15.9 Å². The maximum atomic E-state index is 13.2. The van der Waals surface area contributed by atoms with Crippen molar-refractivity contribution in [3.63, 3.8) is 0 Å². The van der Waals surface area contributed by atoms with Gasteiger partial charge >= 0.3 is 0 Å². The van der Waals surface area contributed by atoms with Crippen molar-refractivity contribution >= 4 is 26.8 Å². The van der Waals surface area contributed by atoms with Crippen LogP contribution >= 0.6 is 0 Å². The Morgan fingerprint density at radius 1 is 0.897 bits per heavy atom. The minimum atomic E-state index is -3.74. The van der Waals surface area contributed by atoms with Gasteiger partial charge < -0.3 is 14.4 Å². The Morgan fingerprint density at radius 3 is 2.49 bits per heavy atom. The molecule has 3 aromatic rings. The number of fused-ring (bicyclic) bond motifs is 4. The van der Waals surface area contributed by atoms with Crippen molar-refractivity contribution in [2.45, 2.75) is 51.0 Å². The number of benzene rings is 2. The van der Waals surface area contributed by atoms with E-state index in [-0.39, 0.29) is 5.75 Å². The van der Waals surface area contributed by atoms with Gasteiger partial charge in [-0.15, -0.1) is 0 Å². The number of amides is 1. The molecule has 8 heteroatoms. The molecular weight excluding hydrogens is 508 g/mol. The van der Waals surface area contributed by atoms with Gasteiger partial charge in [0.15, 0.2) is 0 Å². The number of likely N-dealkylation sites (N-methyl/N-ethyl adjacent to an activating group) is 2. The zero-order valence-corrected chi connectivity index (χ0v) is 24.0. The highest BCUT2D eigenvalue weighted by atomic mass is 32.2. The molecule has 1 saturated carbocycles. The van der Waals surface area contributed by atoms with Gasteiger partial charge in [0, 0.05) is 54.8 Å². The molecule has 0 saturated heterocycles. The van der Waals surface area contributed by atoms with Crippen LogP contribution in [0.5, 0.6) is 0 Å². The molecule has 1 aliphatic carbocycles. The first-order valence-corrected chi connectivity index (χ1v) is 16.1. The van der Waals surface area contributed by atoms with E-state index in [2.05, 4.69) is 51.6 Å². The molecule has 1 N–H and O–H groups in total. The summed E-state index contributed by atoms with van der Waals surface area (Å²) in [4.78, 5) is 17.6. The van der Waals surface area contributed by atoms with Gasteiger partial charge in [-0.05, 0) is 68.5 Å². The maximum Gasteiger partial charge on any atom is 0.264 e. The van der Waals surface area contributed by atoms with Crippen molar-refractivity contribution < 1.29 is 13.2 Å². The lowest BCUT2D eigenvalue weighted by Gasteiger charge is -2.26. The molecule has 4 bridgehead atoms. The van der Waals surface area contributed by atoms with E-state index in [0.29, 0.717) is 23.9 Å². The largest absolute Gasteiger partial charge is 0.340 e. The summed E-state index contributed by atoms with van der Waals surface area (Å²) in [5.74, 6) is 0.260. The van der Waals surface area contributed by atoms with Crippen LogP contribution in [0.1, 0.15) is 59.5 Å². The van der Waals surface area contributed by atoms with Gasteiger partial charge in [0.05, 0.1) is 11.4 Å². The van der Waals surface area contributed by atoms with Gasteiger partial charge in [0.2, 0.25) is 10.0 Å². The average molecular weight is 549 g/mol. The first-order valence-electron chi connectivity index (χ1n) is 14.5. The predicted octanol–water partition coefficient (Wildman–Crippen LogP) is 4.47. The summed E-state index contributed by atoms with van der Waals surface area (Å²) in [6.07, 6.45) is 7.19. The second-order valence-electron chi connectivity index (χ2n) is 12.0. The van der Waals surface area contributed by atoms with Crippen LogP contribution in [0.4, 0.5) is 0 Å². The molecule has 3 heterocycles. The fourth-order valence-electron chi connectivity index (χ4n) is 7.00. The Labute approximate surface area is 232 Å². The molecule has 3 aliphatic rings. The number of hydrogen-bond donors (Lipinski definition) is 1. The normalized spacial score (nSPS) is 23.5. The van der Waals surface area contributed by atoms with E-state index in [0.717, 1.165) is 38.1 Å². The summed E-state index contributed by atoms with van der Waals surface area (Å²) in [5.41, 5.74) is 6.88. The van der Waals surface area contributed by atoms with Crippen LogP contribution in [-0.2, 0) is 23.0 Å². The van der Waals surface area contributed by atoms with Gasteiger partial charge in [0.25, 0.3) is 5.91 Å². The molecule has 1 fully saturated rings.